The molecule has 188 valence electrons. The van der Waals surface area contributed by atoms with Gasteiger partial charge in [0.05, 0.1) is 4.91 Å². The van der Waals surface area contributed by atoms with Crippen LogP contribution < -0.4 is 15.4 Å². The molecule has 1 saturated heterocycles. The normalized spacial score (nSPS) is 14.1. The van der Waals surface area contributed by atoms with E-state index in [2.05, 4.69) is 10.6 Å². The molecule has 0 spiro atoms. The number of para-hydroxylation sites is 1. The van der Waals surface area contributed by atoms with Gasteiger partial charge in [0.15, 0.2) is 6.61 Å². The smallest absolute Gasteiger partial charge is 0.294 e. The zero-order valence-electron chi connectivity index (χ0n) is 20.3. The average molecular weight is 516 g/mol. The molecular weight excluding hydrogens is 490 g/mol. The molecule has 0 saturated carbocycles. The molecule has 0 aliphatic carbocycles. The molecule has 3 aromatic rings. The second kappa shape index (κ2) is 11.6. The van der Waals surface area contributed by atoms with Gasteiger partial charge in [-0.2, -0.15) is 0 Å². The van der Waals surface area contributed by atoms with Gasteiger partial charge in [-0.15, -0.1) is 0 Å². The molecule has 0 aromatic heterocycles. The van der Waals surface area contributed by atoms with Gasteiger partial charge in [0.25, 0.3) is 17.1 Å². The highest BCUT2D eigenvalue weighted by molar-refractivity contribution is 8.18. The summed E-state index contributed by atoms with van der Waals surface area (Å²) in [6.07, 6.45) is 1.58. The first-order chi connectivity index (χ1) is 17.8. The van der Waals surface area contributed by atoms with E-state index >= 15 is 0 Å². The van der Waals surface area contributed by atoms with Crippen molar-refractivity contribution in [3.63, 3.8) is 0 Å². The van der Waals surface area contributed by atoms with Crippen LogP contribution >= 0.6 is 11.8 Å². The van der Waals surface area contributed by atoms with Crippen molar-refractivity contribution in [2.75, 3.05) is 23.8 Å². The number of nitrogens with zero attached hydrogens (tertiary/aromatic N) is 1. The maximum atomic E-state index is 12.7. The van der Waals surface area contributed by atoms with Crippen LogP contribution in [0.3, 0.4) is 0 Å². The zero-order chi connectivity index (χ0) is 26.4. The summed E-state index contributed by atoms with van der Waals surface area (Å²) in [6.45, 7) is 3.46. The Bertz CT molecular complexity index is 1370. The number of nitrogens with one attached hydrogen (secondary N) is 2. The van der Waals surface area contributed by atoms with E-state index in [9.17, 15) is 19.2 Å². The van der Waals surface area contributed by atoms with Crippen LogP contribution in [0.25, 0.3) is 6.08 Å². The van der Waals surface area contributed by atoms with Gasteiger partial charge in [0.2, 0.25) is 5.91 Å². The number of hydrogen-bond acceptors (Lipinski definition) is 6. The summed E-state index contributed by atoms with van der Waals surface area (Å²) in [6, 6.07) is 21.3. The van der Waals surface area contributed by atoms with Gasteiger partial charge in [-0.25, -0.2) is 0 Å². The monoisotopic (exact) mass is 515 g/mol. The molecule has 4 amide bonds. The molecule has 0 bridgehead atoms. The van der Waals surface area contributed by atoms with E-state index in [1.807, 2.05) is 38.1 Å². The standard InChI is InChI=1S/C28H25N3O5S/c1-18-8-11-22(14-19(18)2)30-26(33)17-36-23-12-9-20(10-13-23)15-24-27(34)31(28(35)37-24)16-25(32)29-21-6-4-3-5-7-21/h3-15H,16-17H2,1-2H3,(H,29,32)(H,30,33)/b24-15-. The number of carbonyl (C=O) groups excluding carboxylic acids is 4. The molecular formula is C28H25N3O5S. The minimum Gasteiger partial charge on any atom is -0.484 e. The number of ether oxygens (including phenoxy) is 1. The Balaban J connectivity index is 1.30. The number of imide groups is 1. The third-order valence-electron chi connectivity index (χ3n) is 5.57. The lowest BCUT2D eigenvalue weighted by Gasteiger charge is -2.12. The van der Waals surface area contributed by atoms with E-state index in [0.29, 0.717) is 22.7 Å². The lowest BCUT2D eigenvalue weighted by molar-refractivity contribution is -0.127. The Morgan fingerprint density at radius 3 is 2.27 bits per heavy atom. The van der Waals surface area contributed by atoms with Crippen molar-refractivity contribution in [1.29, 1.82) is 0 Å². The summed E-state index contributed by atoms with van der Waals surface area (Å²) in [5, 5.41) is 4.96. The van der Waals surface area contributed by atoms with Crippen LogP contribution in [0.5, 0.6) is 5.75 Å². The molecule has 1 aliphatic rings. The van der Waals surface area contributed by atoms with Crippen LogP contribution in [0.2, 0.25) is 0 Å². The maximum absolute atomic E-state index is 12.7. The third-order valence-corrected chi connectivity index (χ3v) is 6.48. The molecule has 2 N–H and O–H groups in total. The van der Waals surface area contributed by atoms with Crippen LogP contribution in [0.4, 0.5) is 16.2 Å². The van der Waals surface area contributed by atoms with E-state index in [1.165, 1.54) is 0 Å². The number of benzene rings is 3. The van der Waals surface area contributed by atoms with E-state index in [-0.39, 0.29) is 24.0 Å². The first-order valence-electron chi connectivity index (χ1n) is 11.5. The molecule has 0 radical (unpaired) electrons. The second-order valence-corrected chi connectivity index (χ2v) is 9.38. The Hall–Kier alpha value is -4.37. The second-order valence-electron chi connectivity index (χ2n) is 8.39. The highest BCUT2D eigenvalue weighted by Crippen LogP contribution is 2.32. The fourth-order valence-corrected chi connectivity index (χ4v) is 4.32. The first kappa shape index (κ1) is 25.7. The Morgan fingerprint density at radius 2 is 1.57 bits per heavy atom. The van der Waals surface area contributed by atoms with Crippen molar-refractivity contribution in [3.05, 3.63) is 94.4 Å². The molecule has 1 heterocycles. The van der Waals surface area contributed by atoms with Crippen LogP contribution in [-0.2, 0) is 14.4 Å². The number of amides is 4. The minimum atomic E-state index is -0.526. The van der Waals surface area contributed by atoms with Gasteiger partial charge in [-0.3, -0.25) is 24.1 Å². The van der Waals surface area contributed by atoms with Crippen molar-refractivity contribution < 1.29 is 23.9 Å². The molecule has 0 atom stereocenters. The maximum Gasteiger partial charge on any atom is 0.294 e. The highest BCUT2D eigenvalue weighted by Gasteiger charge is 2.36. The van der Waals surface area contributed by atoms with E-state index in [4.69, 9.17) is 4.74 Å². The van der Waals surface area contributed by atoms with E-state index in [1.54, 1.807) is 54.6 Å². The van der Waals surface area contributed by atoms with Crippen LogP contribution in [-0.4, -0.2) is 41.0 Å². The van der Waals surface area contributed by atoms with Gasteiger partial charge in [-0.1, -0.05) is 36.4 Å². The number of hydrogen-bond donors (Lipinski definition) is 2. The number of thioether (sulfide) groups is 1. The number of carbonyl (C=O) groups is 4. The van der Waals surface area contributed by atoms with E-state index in [0.717, 1.165) is 27.8 Å². The van der Waals surface area contributed by atoms with Crippen molar-refractivity contribution in [1.82, 2.24) is 4.90 Å². The van der Waals surface area contributed by atoms with E-state index < -0.39 is 17.1 Å². The number of anilines is 2. The van der Waals surface area contributed by atoms with Crippen LogP contribution in [0, 0.1) is 13.8 Å². The lowest BCUT2D eigenvalue weighted by atomic mass is 10.1. The summed E-state index contributed by atoms with van der Waals surface area (Å²) >= 11 is 0.780. The zero-order valence-corrected chi connectivity index (χ0v) is 21.1. The summed E-state index contributed by atoms with van der Waals surface area (Å²) in [5.74, 6) is -0.783. The summed E-state index contributed by atoms with van der Waals surface area (Å²) in [7, 11) is 0. The quantitative estimate of drug-likeness (QED) is 0.409. The molecule has 1 fully saturated rings. The van der Waals surface area contributed by atoms with Gasteiger partial charge >= 0.3 is 0 Å². The van der Waals surface area contributed by atoms with Crippen LogP contribution in [0.15, 0.2) is 77.7 Å². The first-order valence-corrected chi connectivity index (χ1v) is 12.3. The fourth-order valence-electron chi connectivity index (χ4n) is 3.48. The summed E-state index contributed by atoms with van der Waals surface area (Å²) < 4.78 is 5.56. The molecule has 8 nitrogen and oxygen atoms in total. The highest BCUT2D eigenvalue weighted by atomic mass is 32.2. The molecule has 3 aromatic carbocycles. The van der Waals surface area contributed by atoms with Crippen molar-refractivity contribution in [3.8, 4) is 5.75 Å². The predicted octanol–water partition coefficient (Wildman–Crippen LogP) is 5.00. The van der Waals surface area contributed by atoms with Gasteiger partial charge in [0.1, 0.15) is 12.3 Å². The van der Waals surface area contributed by atoms with Crippen LogP contribution in [0.1, 0.15) is 16.7 Å². The van der Waals surface area contributed by atoms with Crippen molar-refractivity contribution >= 4 is 52.2 Å². The fraction of sp³-hybridized carbons (Fsp3) is 0.143. The molecule has 0 unspecified atom stereocenters. The molecule has 4 rings (SSSR count). The average Bonchev–Trinajstić information content (AvgIpc) is 3.13. The molecule has 37 heavy (non-hydrogen) atoms. The number of rotatable bonds is 8. The molecule has 9 heteroatoms. The lowest BCUT2D eigenvalue weighted by Crippen LogP contribution is -2.36. The van der Waals surface area contributed by atoms with Crippen molar-refractivity contribution in [2.45, 2.75) is 13.8 Å². The Labute approximate surface area is 218 Å². The molecule has 1 aliphatic heterocycles. The summed E-state index contributed by atoms with van der Waals surface area (Å²) in [5.41, 5.74) is 4.19. The predicted molar refractivity (Wildman–Crippen MR) is 144 cm³/mol. The third kappa shape index (κ3) is 6.86. The van der Waals surface area contributed by atoms with Gasteiger partial charge in [-0.05, 0) is 84.8 Å². The van der Waals surface area contributed by atoms with Gasteiger partial charge < -0.3 is 15.4 Å². The Morgan fingerprint density at radius 1 is 0.865 bits per heavy atom. The van der Waals surface area contributed by atoms with Gasteiger partial charge in [0, 0.05) is 11.4 Å². The topological polar surface area (TPSA) is 105 Å². The van der Waals surface area contributed by atoms with Crippen molar-refractivity contribution in [2.24, 2.45) is 0 Å². The number of aryl methyl sites for hydroxylation is 2. The summed E-state index contributed by atoms with van der Waals surface area (Å²) in [4.78, 5) is 50.7. The largest absolute Gasteiger partial charge is 0.484 e. The Kier molecular flexibility index (Phi) is 8.05. The minimum absolute atomic E-state index is 0.157. The SMILES string of the molecule is Cc1ccc(NC(=O)COc2ccc(/C=C3\SC(=O)N(CC(=O)Nc4ccccc4)C3=O)cc2)cc1C.